The number of aryl methyl sites for hydroxylation is 1. The number of hydrogen-bond acceptors (Lipinski definition) is 5. The van der Waals surface area contributed by atoms with E-state index in [1.165, 1.54) is 0 Å². The molecule has 128 valence electrons. The van der Waals surface area contributed by atoms with Gasteiger partial charge in [0.1, 0.15) is 0 Å². The molecule has 1 aliphatic heterocycles. The average molecular weight is 345 g/mol. The number of carbonyl (C=O) groups excluding carboxylic acids is 1. The van der Waals surface area contributed by atoms with Gasteiger partial charge in [-0.2, -0.15) is 0 Å². The normalized spacial score (nSPS) is 17.8. The number of nitrogens with one attached hydrogen (secondary N) is 1. The molecule has 0 bridgehead atoms. The number of nitrogens with zero attached hydrogens (tertiary/aromatic N) is 2. The zero-order chi connectivity index (χ0) is 16.9. The number of aromatic nitrogens is 1. The third kappa shape index (κ3) is 4.13. The van der Waals surface area contributed by atoms with E-state index in [-0.39, 0.29) is 5.91 Å². The number of likely N-dealkylation sites (tertiary alicyclic amines) is 1. The van der Waals surface area contributed by atoms with E-state index < -0.39 is 6.10 Å². The summed E-state index contributed by atoms with van der Waals surface area (Å²) in [6.45, 7) is 3.89. The first-order chi connectivity index (χ1) is 11.7. The molecule has 2 heterocycles. The molecule has 2 aromatic rings. The van der Waals surface area contributed by atoms with Crippen LogP contribution in [0.5, 0.6) is 0 Å². The largest absolute Gasteiger partial charge is 0.391 e. The number of aliphatic hydroxyl groups excluding tert-OH is 1. The highest BCUT2D eigenvalue weighted by Gasteiger charge is 2.23. The minimum atomic E-state index is -0.401. The van der Waals surface area contributed by atoms with Crippen LogP contribution in [0.4, 0.5) is 5.69 Å². The van der Waals surface area contributed by atoms with E-state index in [0.717, 1.165) is 35.7 Å². The molecule has 0 radical (unpaired) electrons. The van der Waals surface area contributed by atoms with Crippen molar-refractivity contribution in [3.8, 4) is 0 Å². The molecule has 1 aromatic heterocycles. The van der Waals surface area contributed by atoms with Gasteiger partial charge in [0.05, 0.1) is 23.4 Å². The second kappa shape index (κ2) is 7.77. The number of amides is 1. The Bertz CT molecular complexity index is 701. The van der Waals surface area contributed by atoms with Crippen LogP contribution in [0.2, 0.25) is 0 Å². The van der Waals surface area contributed by atoms with Crippen LogP contribution in [0.15, 0.2) is 29.6 Å². The van der Waals surface area contributed by atoms with Crippen molar-refractivity contribution in [2.24, 2.45) is 0 Å². The highest BCUT2D eigenvalue weighted by Crippen LogP contribution is 2.18. The minimum absolute atomic E-state index is 0.0145. The summed E-state index contributed by atoms with van der Waals surface area (Å²) in [4.78, 5) is 18.9. The van der Waals surface area contributed by atoms with E-state index in [0.29, 0.717) is 25.2 Å². The molecule has 0 unspecified atom stereocenters. The Labute approximate surface area is 146 Å². The maximum atomic E-state index is 12.6. The summed E-state index contributed by atoms with van der Waals surface area (Å²) in [5, 5.41) is 16.3. The van der Waals surface area contributed by atoms with Gasteiger partial charge in [-0.05, 0) is 37.5 Å². The van der Waals surface area contributed by atoms with E-state index in [1.807, 2.05) is 24.3 Å². The Kier molecular flexibility index (Phi) is 5.48. The Morgan fingerprint density at radius 3 is 3.12 bits per heavy atom. The Morgan fingerprint density at radius 1 is 1.50 bits per heavy atom. The second-order valence-electron chi connectivity index (χ2n) is 6.07. The van der Waals surface area contributed by atoms with Crippen LogP contribution in [0.25, 0.3) is 0 Å². The van der Waals surface area contributed by atoms with Crippen molar-refractivity contribution < 1.29 is 9.90 Å². The maximum absolute atomic E-state index is 12.6. The summed E-state index contributed by atoms with van der Waals surface area (Å²) in [6.07, 6.45) is 2.19. The fraction of sp³-hybridized carbons (Fsp3) is 0.444. The summed E-state index contributed by atoms with van der Waals surface area (Å²) in [5.74, 6) is -0.0145. The topological polar surface area (TPSA) is 65.5 Å². The molecule has 6 heteroatoms. The highest BCUT2D eigenvalue weighted by atomic mass is 32.1. The van der Waals surface area contributed by atoms with Crippen molar-refractivity contribution in [1.82, 2.24) is 9.88 Å². The van der Waals surface area contributed by atoms with Gasteiger partial charge in [0.25, 0.3) is 5.91 Å². The van der Waals surface area contributed by atoms with Crippen LogP contribution in [-0.4, -0.2) is 40.1 Å². The van der Waals surface area contributed by atoms with Crippen molar-refractivity contribution in [2.45, 2.75) is 38.8 Å². The number of benzene rings is 1. The van der Waals surface area contributed by atoms with Crippen molar-refractivity contribution >= 4 is 22.9 Å². The van der Waals surface area contributed by atoms with Gasteiger partial charge < -0.3 is 15.3 Å². The molecule has 1 atom stereocenters. The number of piperidine rings is 1. The first kappa shape index (κ1) is 16.9. The Morgan fingerprint density at radius 2 is 2.38 bits per heavy atom. The van der Waals surface area contributed by atoms with Crippen molar-refractivity contribution in [3.63, 3.8) is 0 Å². The zero-order valence-corrected chi connectivity index (χ0v) is 14.7. The first-order valence-electron chi connectivity index (χ1n) is 8.40. The second-order valence-corrected chi connectivity index (χ2v) is 7.01. The molecule has 1 aliphatic rings. The molecule has 24 heavy (non-hydrogen) atoms. The molecule has 0 spiro atoms. The van der Waals surface area contributed by atoms with Gasteiger partial charge in [-0.3, -0.25) is 4.79 Å². The number of thiazole rings is 1. The van der Waals surface area contributed by atoms with E-state index in [9.17, 15) is 9.90 Å². The summed E-state index contributed by atoms with van der Waals surface area (Å²) in [7, 11) is 0. The van der Waals surface area contributed by atoms with Gasteiger partial charge in [0, 0.05) is 29.7 Å². The predicted octanol–water partition coefficient (Wildman–Crippen LogP) is 2.91. The summed E-state index contributed by atoms with van der Waals surface area (Å²) < 4.78 is 0. The molecule has 0 saturated carbocycles. The van der Waals surface area contributed by atoms with E-state index in [1.54, 1.807) is 16.2 Å². The van der Waals surface area contributed by atoms with E-state index >= 15 is 0 Å². The van der Waals surface area contributed by atoms with Crippen LogP contribution in [0, 0.1) is 0 Å². The Hall–Kier alpha value is -1.92. The zero-order valence-electron chi connectivity index (χ0n) is 13.9. The lowest BCUT2D eigenvalue weighted by Crippen LogP contribution is -2.42. The number of hydrogen-bond donors (Lipinski definition) is 2. The molecular formula is C18H23N3O2S. The SMILES string of the molecule is CCc1nc(CNc2cccc(C(=O)N3CCC[C@H](O)C3)c2)cs1. The molecule has 1 amide bonds. The fourth-order valence-electron chi connectivity index (χ4n) is 2.87. The van der Waals surface area contributed by atoms with E-state index in [2.05, 4.69) is 22.6 Å². The van der Waals surface area contributed by atoms with Gasteiger partial charge in [-0.25, -0.2) is 4.98 Å². The summed E-state index contributed by atoms with van der Waals surface area (Å²) >= 11 is 1.68. The number of rotatable bonds is 5. The number of anilines is 1. The fourth-order valence-corrected chi connectivity index (χ4v) is 3.61. The quantitative estimate of drug-likeness (QED) is 0.874. The van der Waals surface area contributed by atoms with Gasteiger partial charge in [0.2, 0.25) is 0 Å². The van der Waals surface area contributed by atoms with Crippen LogP contribution in [-0.2, 0) is 13.0 Å². The van der Waals surface area contributed by atoms with Crippen LogP contribution in [0.3, 0.4) is 0 Å². The van der Waals surface area contributed by atoms with Gasteiger partial charge >= 0.3 is 0 Å². The molecule has 0 aliphatic carbocycles. The third-order valence-electron chi connectivity index (χ3n) is 4.17. The first-order valence-corrected chi connectivity index (χ1v) is 9.28. The van der Waals surface area contributed by atoms with Crippen LogP contribution >= 0.6 is 11.3 Å². The smallest absolute Gasteiger partial charge is 0.254 e. The standard InChI is InChI=1S/C18H23N3O2S/c1-2-17-20-15(12-24-17)10-19-14-6-3-5-13(9-14)18(23)21-8-4-7-16(22)11-21/h3,5-6,9,12,16,19,22H,2,4,7-8,10-11H2,1H3/t16-/m0/s1. The Balaban J connectivity index is 1.63. The van der Waals surface area contributed by atoms with Crippen molar-refractivity contribution in [2.75, 3.05) is 18.4 Å². The molecule has 3 rings (SSSR count). The minimum Gasteiger partial charge on any atom is -0.391 e. The average Bonchev–Trinajstić information content (AvgIpc) is 3.08. The summed E-state index contributed by atoms with van der Waals surface area (Å²) in [6, 6.07) is 7.53. The lowest BCUT2D eigenvalue weighted by Gasteiger charge is -2.30. The van der Waals surface area contributed by atoms with Gasteiger partial charge in [-0.1, -0.05) is 13.0 Å². The molecule has 5 nitrogen and oxygen atoms in total. The van der Waals surface area contributed by atoms with Crippen LogP contribution in [0.1, 0.15) is 40.8 Å². The maximum Gasteiger partial charge on any atom is 0.254 e. The monoisotopic (exact) mass is 345 g/mol. The molecular weight excluding hydrogens is 322 g/mol. The number of carbonyl (C=O) groups is 1. The summed E-state index contributed by atoms with van der Waals surface area (Å²) in [5.41, 5.74) is 2.58. The van der Waals surface area contributed by atoms with Crippen molar-refractivity contribution in [1.29, 1.82) is 0 Å². The van der Waals surface area contributed by atoms with Crippen LogP contribution < -0.4 is 5.32 Å². The lowest BCUT2D eigenvalue weighted by atomic mass is 10.1. The van der Waals surface area contributed by atoms with Gasteiger partial charge in [0.15, 0.2) is 0 Å². The molecule has 2 N–H and O–H groups in total. The number of β-amino-alcohol motifs (C(OH)–C–C–N with tert-alkyl or cyclic N) is 1. The number of aliphatic hydroxyl groups is 1. The van der Waals surface area contributed by atoms with E-state index in [4.69, 9.17) is 0 Å². The molecule has 1 saturated heterocycles. The third-order valence-corrected chi connectivity index (χ3v) is 5.21. The highest BCUT2D eigenvalue weighted by molar-refractivity contribution is 7.09. The predicted molar refractivity (Wildman–Crippen MR) is 96.4 cm³/mol. The van der Waals surface area contributed by atoms with Gasteiger partial charge in [-0.15, -0.1) is 11.3 Å². The lowest BCUT2D eigenvalue weighted by molar-refractivity contribution is 0.0474. The molecule has 1 aromatic carbocycles. The molecule has 1 fully saturated rings. The van der Waals surface area contributed by atoms with Crippen molar-refractivity contribution in [3.05, 3.63) is 45.9 Å².